The fraction of sp³-hybridized carbons (Fsp3) is 0.286. The van der Waals surface area contributed by atoms with Gasteiger partial charge in [0.1, 0.15) is 0 Å². The second-order valence-corrected chi connectivity index (χ2v) is 6.76. The lowest BCUT2D eigenvalue weighted by Crippen LogP contribution is -2.30. The number of carboxylic acids is 1. The summed E-state index contributed by atoms with van der Waals surface area (Å²) in [7, 11) is 0. The van der Waals surface area contributed by atoms with Crippen LogP contribution in [-0.4, -0.2) is 22.9 Å². The second-order valence-electron chi connectivity index (χ2n) is 6.76. The van der Waals surface area contributed by atoms with Gasteiger partial charge >= 0.3 is 5.97 Å². The number of hydrogen-bond acceptors (Lipinski definition) is 4. The van der Waals surface area contributed by atoms with E-state index in [1.807, 2.05) is 24.3 Å². The first-order chi connectivity index (χ1) is 13.5. The highest BCUT2D eigenvalue weighted by molar-refractivity contribution is 5.93. The molecule has 7 nitrogen and oxygen atoms in total. The van der Waals surface area contributed by atoms with Crippen LogP contribution in [0.2, 0.25) is 0 Å². The van der Waals surface area contributed by atoms with Gasteiger partial charge in [-0.1, -0.05) is 36.4 Å². The third kappa shape index (κ3) is 5.40. The summed E-state index contributed by atoms with van der Waals surface area (Å²) in [5, 5.41) is 17.8. The maximum Gasteiger partial charge on any atom is 0.305 e. The van der Waals surface area contributed by atoms with Crippen LogP contribution < -0.4 is 16.0 Å². The topological polar surface area (TPSA) is 108 Å². The van der Waals surface area contributed by atoms with Crippen molar-refractivity contribution in [3.8, 4) is 0 Å². The maximum atomic E-state index is 12.2. The Labute approximate surface area is 163 Å². The van der Waals surface area contributed by atoms with Crippen LogP contribution in [0.4, 0.5) is 5.69 Å². The van der Waals surface area contributed by atoms with E-state index in [-0.39, 0.29) is 31.1 Å². The molecule has 0 fully saturated rings. The number of anilines is 1. The molecule has 28 heavy (non-hydrogen) atoms. The first-order valence-electron chi connectivity index (χ1n) is 9.20. The van der Waals surface area contributed by atoms with Crippen molar-refractivity contribution in [3.63, 3.8) is 0 Å². The lowest BCUT2D eigenvalue weighted by atomic mass is 10.0. The molecule has 4 N–H and O–H groups in total. The average Bonchev–Trinajstić information content (AvgIpc) is 3.14. The van der Waals surface area contributed by atoms with Gasteiger partial charge in [-0.15, -0.1) is 0 Å². The lowest BCUT2D eigenvalue weighted by Gasteiger charge is -2.17. The predicted molar refractivity (Wildman–Crippen MR) is 104 cm³/mol. The summed E-state index contributed by atoms with van der Waals surface area (Å²) in [6, 6.07) is 14.1. The molecule has 0 saturated heterocycles. The number of benzene rings is 2. The summed E-state index contributed by atoms with van der Waals surface area (Å²) >= 11 is 0. The molecule has 0 saturated carbocycles. The SMILES string of the molecule is O=C(O)CC(NC(=O)CCC(=O)Nc1ccc2c(c1)CNC2)c1ccccc1. The molecule has 1 aliphatic heterocycles. The van der Waals surface area contributed by atoms with Gasteiger partial charge < -0.3 is 21.1 Å². The largest absolute Gasteiger partial charge is 0.481 e. The van der Waals surface area contributed by atoms with Crippen molar-refractivity contribution in [2.45, 2.75) is 38.4 Å². The molecule has 1 heterocycles. The molecule has 2 aromatic carbocycles. The normalized spacial score (nSPS) is 13.4. The lowest BCUT2D eigenvalue weighted by molar-refractivity contribution is -0.138. The molecule has 0 bridgehead atoms. The monoisotopic (exact) mass is 381 g/mol. The van der Waals surface area contributed by atoms with Gasteiger partial charge in [-0.05, 0) is 28.8 Å². The van der Waals surface area contributed by atoms with Crippen LogP contribution >= 0.6 is 0 Å². The highest BCUT2D eigenvalue weighted by Crippen LogP contribution is 2.20. The van der Waals surface area contributed by atoms with Crippen molar-refractivity contribution in [3.05, 3.63) is 65.2 Å². The number of carbonyl (C=O) groups excluding carboxylic acids is 2. The van der Waals surface area contributed by atoms with E-state index in [4.69, 9.17) is 5.11 Å². The van der Waals surface area contributed by atoms with Gasteiger partial charge in [0.05, 0.1) is 12.5 Å². The van der Waals surface area contributed by atoms with Crippen molar-refractivity contribution in [1.29, 1.82) is 0 Å². The zero-order valence-electron chi connectivity index (χ0n) is 15.4. The van der Waals surface area contributed by atoms with Gasteiger partial charge in [-0.25, -0.2) is 0 Å². The Morgan fingerprint density at radius 1 is 0.964 bits per heavy atom. The standard InChI is InChI=1S/C21H23N3O4/c25-19(23-17-7-6-15-12-22-13-16(15)10-17)8-9-20(26)24-18(11-21(27)28)14-4-2-1-3-5-14/h1-7,10,18,22H,8-9,11-13H2,(H,23,25)(H,24,26)(H,27,28). The van der Waals surface area contributed by atoms with E-state index in [9.17, 15) is 14.4 Å². The number of carbonyl (C=O) groups is 3. The molecule has 2 amide bonds. The minimum Gasteiger partial charge on any atom is -0.481 e. The molecule has 0 aromatic heterocycles. The number of carboxylic acid groups (broad SMARTS) is 1. The minimum absolute atomic E-state index is 0.0126. The van der Waals surface area contributed by atoms with Gasteiger partial charge in [0.25, 0.3) is 0 Å². The number of aliphatic carboxylic acids is 1. The van der Waals surface area contributed by atoms with Crippen molar-refractivity contribution in [2.24, 2.45) is 0 Å². The van der Waals surface area contributed by atoms with Crippen LogP contribution in [0.3, 0.4) is 0 Å². The summed E-state index contributed by atoms with van der Waals surface area (Å²) in [5.41, 5.74) is 3.81. The number of rotatable bonds is 8. The Balaban J connectivity index is 1.51. The van der Waals surface area contributed by atoms with Crippen LogP contribution in [-0.2, 0) is 27.5 Å². The van der Waals surface area contributed by atoms with E-state index < -0.39 is 12.0 Å². The first-order valence-corrected chi connectivity index (χ1v) is 9.20. The molecule has 3 rings (SSSR count). The average molecular weight is 381 g/mol. The van der Waals surface area contributed by atoms with Crippen molar-refractivity contribution < 1.29 is 19.5 Å². The quantitative estimate of drug-likeness (QED) is 0.561. The predicted octanol–water partition coefficient (Wildman–Crippen LogP) is 2.34. The van der Waals surface area contributed by atoms with Crippen LogP contribution in [0.1, 0.15) is 42.0 Å². The fourth-order valence-electron chi connectivity index (χ4n) is 3.20. The molecule has 2 aromatic rings. The van der Waals surface area contributed by atoms with Crippen LogP contribution in [0.25, 0.3) is 0 Å². The highest BCUT2D eigenvalue weighted by Gasteiger charge is 2.18. The smallest absolute Gasteiger partial charge is 0.305 e. The Kier molecular flexibility index (Phi) is 6.39. The van der Waals surface area contributed by atoms with E-state index in [0.717, 1.165) is 24.2 Å². The fourth-order valence-corrected chi connectivity index (χ4v) is 3.20. The summed E-state index contributed by atoms with van der Waals surface area (Å²) in [6.45, 7) is 1.62. The molecule has 1 unspecified atom stereocenters. The number of hydrogen-bond donors (Lipinski definition) is 4. The van der Waals surface area contributed by atoms with Crippen LogP contribution in [0.15, 0.2) is 48.5 Å². The maximum absolute atomic E-state index is 12.2. The summed E-state index contributed by atoms with van der Waals surface area (Å²) in [4.78, 5) is 35.5. The Bertz CT molecular complexity index is 867. The minimum atomic E-state index is -1.00. The molecular weight excluding hydrogens is 358 g/mol. The number of amides is 2. The van der Waals surface area contributed by atoms with Crippen LogP contribution in [0.5, 0.6) is 0 Å². The molecule has 7 heteroatoms. The van der Waals surface area contributed by atoms with Gasteiger partial charge in [0.2, 0.25) is 11.8 Å². The molecular formula is C21H23N3O4. The first kappa shape index (κ1) is 19.6. The zero-order valence-corrected chi connectivity index (χ0v) is 15.4. The van der Waals surface area contributed by atoms with E-state index in [1.54, 1.807) is 24.3 Å². The summed E-state index contributed by atoms with van der Waals surface area (Å²) < 4.78 is 0. The van der Waals surface area contributed by atoms with E-state index in [0.29, 0.717) is 5.69 Å². The second kappa shape index (κ2) is 9.14. The van der Waals surface area contributed by atoms with Crippen LogP contribution in [0, 0.1) is 0 Å². The summed E-state index contributed by atoms with van der Waals surface area (Å²) in [5.74, 6) is -1.61. The van der Waals surface area contributed by atoms with Crippen molar-refractivity contribution >= 4 is 23.5 Å². The van der Waals surface area contributed by atoms with E-state index in [2.05, 4.69) is 16.0 Å². The van der Waals surface area contributed by atoms with E-state index in [1.165, 1.54) is 5.56 Å². The van der Waals surface area contributed by atoms with Gasteiger partial charge in [0, 0.05) is 31.6 Å². The highest BCUT2D eigenvalue weighted by atomic mass is 16.4. The van der Waals surface area contributed by atoms with Gasteiger partial charge in [-0.2, -0.15) is 0 Å². The Morgan fingerprint density at radius 2 is 1.68 bits per heavy atom. The Hall–Kier alpha value is -3.19. The van der Waals surface area contributed by atoms with Crippen molar-refractivity contribution in [1.82, 2.24) is 10.6 Å². The van der Waals surface area contributed by atoms with Crippen molar-refractivity contribution in [2.75, 3.05) is 5.32 Å². The molecule has 0 radical (unpaired) electrons. The third-order valence-electron chi connectivity index (χ3n) is 4.62. The number of fused-ring (bicyclic) bond motifs is 1. The molecule has 1 aliphatic rings. The molecule has 146 valence electrons. The van der Waals surface area contributed by atoms with Gasteiger partial charge in [-0.3, -0.25) is 14.4 Å². The molecule has 0 spiro atoms. The van der Waals surface area contributed by atoms with Gasteiger partial charge in [0.15, 0.2) is 0 Å². The van der Waals surface area contributed by atoms with E-state index >= 15 is 0 Å². The molecule has 1 atom stereocenters. The summed E-state index contributed by atoms with van der Waals surface area (Å²) in [6.07, 6.45) is -0.206. The third-order valence-corrected chi connectivity index (χ3v) is 4.62. The Morgan fingerprint density at radius 3 is 2.43 bits per heavy atom. The number of nitrogens with one attached hydrogen (secondary N) is 3. The molecule has 0 aliphatic carbocycles. The zero-order chi connectivity index (χ0) is 19.9.